The number of nitrogens with two attached hydrogens (primary N) is 1. The van der Waals surface area contributed by atoms with Crippen molar-refractivity contribution in [3.63, 3.8) is 0 Å². The molecule has 0 saturated heterocycles. The number of ether oxygens (including phenoxy) is 1. The average Bonchev–Trinajstić information content (AvgIpc) is 2.82. The minimum absolute atomic E-state index is 0.634. The fraction of sp³-hybridized carbons (Fsp3) is 0.0714. The van der Waals surface area contributed by atoms with Crippen LogP contribution >= 0.6 is 11.3 Å². The quantitative estimate of drug-likeness (QED) is 0.713. The SMILES string of the molecule is COc1ccc(-c2nc3ccccc3s2)cc1N. The number of thiazole rings is 1. The lowest BCUT2D eigenvalue weighted by molar-refractivity contribution is 0.417. The lowest BCUT2D eigenvalue weighted by Gasteiger charge is -2.04. The second-order valence-electron chi connectivity index (χ2n) is 3.94. The van der Waals surface area contributed by atoms with E-state index in [0.717, 1.165) is 16.1 Å². The number of rotatable bonds is 2. The third-order valence-electron chi connectivity index (χ3n) is 2.77. The Morgan fingerprint density at radius 2 is 2.00 bits per heavy atom. The van der Waals surface area contributed by atoms with Crippen molar-refractivity contribution in [3.8, 4) is 16.3 Å². The molecule has 0 amide bonds. The molecule has 0 unspecified atom stereocenters. The van der Waals surface area contributed by atoms with Crippen LogP contribution in [-0.2, 0) is 0 Å². The normalized spacial score (nSPS) is 10.7. The molecule has 2 N–H and O–H groups in total. The van der Waals surface area contributed by atoms with Gasteiger partial charge >= 0.3 is 0 Å². The summed E-state index contributed by atoms with van der Waals surface area (Å²) in [7, 11) is 1.61. The largest absolute Gasteiger partial charge is 0.495 e. The van der Waals surface area contributed by atoms with Crippen molar-refractivity contribution in [2.24, 2.45) is 0 Å². The molecule has 0 spiro atoms. The summed E-state index contributed by atoms with van der Waals surface area (Å²) < 4.78 is 6.34. The number of methoxy groups -OCH3 is 1. The summed E-state index contributed by atoms with van der Waals surface area (Å²) in [5.41, 5.74) is 8.59. The van der Waals surface area contributed by atoms with Crippen LogP contribution in [0.1, 0.15) is 0 Å². The molecule has 1 heterocycles. The number of benzene rings is 2. The van der Waals surface area contributed by atoms with E-state index >= 15 is 0 Å². The Morgan fingerprint density at radius 1 is 1.17 bits per heavy atom. The van der Waals surface area contributed by atoms with Crippen molar-refractivity contribution >= 4 is 27.2 Å². The van der Waals surface area contributed by atoms with Gasteiger partial charge in [0.2, 0.25) is 0 Å². The zero-order valence-corrected chi connectivity index (χ0v) is 10.7. The summed E-state index contributed by atoms with van der Waals surface area (Å²) >= 11 is 1.67. The Balaban J connectivity index is 2.11. The molecule has 0 fully saturated rings. The van der Waals surface area contributed by atoms with Crippen LogP contribution in [0.5, 0.6) is 5.75 Å². The summed E-state index contributed by atoms with van der Waals surface area (Å²) in [6, 6.07) is 13.9. The van der Waals surface area contributed by atoms with Crippen LogP contribution in [0, 0.1) is 0 Å². The first-order valence-corrected chi connectivity index (χ1v) is 6.39. The van der Waals surface area contributed by atoms with Crippen LogP contribution < -0.4 is 10.5 Å². The van der Waals surface area contributed by atoms with Crippen LogP contribution in [0.3, 0.4) is 0 Å². The van der Waals surface area contributed by atoms with Gasteiger partial charge in [0.15, 0.2) is 0 Å². The minimum atomic E-state index is 0.634. The first kappa shape index (κ1) is 11.0. The summed E-state index contributed by atoms with van der Waals surface area (Å²) in [6.07, 6.45) is 0. The van der Waals surface area contributed by atoms with Crippen LogP contribution in [0.2, 0.25) is 0 Å². The Morgan fingerprint density at radius 3 is 2.72 bits per heavy atom. The lowest BCUT2D eigenvalue weighted by atomic mass is 10.2. The smallest absolute Gasteiger partial charge is 0.141 e. The summed E-state index contributed by atoms with van der Waals surface area (Å²) in [5.74, 6) is 0.694. The fourth-order valence-electron chi connectivity index (χ4n) is 1.86. The van der Waals surface area contributed by atoms with Gasteiger partial charge in [-0.2, -0.15) is 0 Å². The van der Waals surface area contributed by atoms with Gasteiger partial charge in [0.25, 0.3) is 0 Å². The van der Waals surface area contributed by atoms with E-state index in [1.54, 1.807) is 18.4 Å². The van der Waals surface area contributed by atoms with E-state index in [2.05, 4.69) is 11.1 Å². The highest BCUT2D eigenvalue weighted by Gasteiger charge is 2.07. The maximum atomic E-state index is 5.92. The highest BCUT2D eigenvalue weighted by molar-refractivity contribution is 7.21. The first-order valence-electron chi connectivity index (χ1n) is 5.57. The molecule has 1 aromatic heterocycles. The van der Waals surface area contributed by atoms with Gasteiger partial charge < -0.3 is 10.5 Å². The van der Waals surface area contributed by atoms with Crippen molar-refractivity contribution < 1.29 is 4.74 Å². The Labute approximate surface area is 109 Å². The number of hydrogen-bond donors (Lipinski definition) is 1. The molecule has 2 aromatic carbocycles. The Hall–Kier alpha value is -2.07. The van der Waals surface area contributed by atoms with Crippen LogP contribution in [0.4, 0.5) is 5.69 Å². The Bertz CT molecular complexity index is 673. The molecule has 3 aromatic rings. The molecular formula is C14H12N2OS. The van der Waals surface area contributed by atoms with E-state index in [4.69, 9.17) is 10.5 Å². The first-order chi connectivity index (χ1) is 8.78. The van der Waals surface area contributed by atoms with Gasteiger partial charge in [-0.05, 0) is 30.3 Å². The van der Waals surface area contributed by atoms with Gasteiger partial charge in [-0.3, -0.25) is 0 Å². The molecule has 90 valence electrons. The standard InChI is InChI=1S/C14H12N2OS/c1-17-12-7-6-9(8-10(12)15)14-16-11-4-2-3-5-13(11)18-14/h2-8H,15H2,1H3. The number of aromatic nitrogens is 1. The van der Waals surface area contributed by atoms with Gasteiger partial charge in [-0.1, -0.05) is 12.1 Å². The zero-order chi connectivity index (χ0) is 12.5. The lowest BCUT2D eigenvalue weighted by Crippen LogP contribution is -1.92. The number of nitrogens with zero attached hydrogens (tertiary/aromatic N) is 1. The molecule has 3 rings (SSSR count). The number of hydrogen-bond acceptors (Lipinski definition) is 4. The third-order valence-corrected chi connectivity index (χ3v) is 3.86. The minimum Gasteiger partial charge on any atom is -0.495 e. The maximum Gasteiger partial charge on any atom is 0.141 e. The average molecular weight is 256 g/mol. The number of fused-ring (bicyclic) bond motifs is 1. The van der Waals surface area contributed by atoms with Crippen molar-refractivity contribution in [2.75, 3.05) is 12.8 Å². The van der Waals surface area contributed by atoms with E-state index in [1.165, 1.54) is 4.70 Å². The van der Waals surface area contributed by atoms with Gasteiger partial charge in [0.1, 0.15) is 10.8 Å². The molecule has 0 radical (unpaired) electrons. The van der Waals surface area contributed by atoms with Crippen LogP contribution in [0.15, 0.2) is 42.5 Å². The molecule has 0 aliphatic heterocycles. The second kappa shape index (κ2) is 4.31. The number of anilines is 1. The van der Waals surface area contributed by atoms with Crippen molar-refractivity contribution in [2.45, 2.75) is 0 Å². The van der Waals surface area contributed by atoms with E-state index in [9.17, 15) is 0 Å². The number of para-hydroxylation sites is 1. The third kappa shape index (κ3) is 1.80. The van der Waals surface area contributed by atoms with Crippen molar-refractivity contribution in [1.82, 2.24) is 4.98 Å². The van der Waals surface area contributed by atoms with Gasteiger partial charge in [-0.15, -0.1) is 11.3 Å². The molecule has 0 bridgehead atoms. The van der Waals surface area contributed by atoms with Crippen LogP contribution in [0.25, 0.3) is 20.8 Å². The summed E-state index contributed by atoms with van der Waals surface area (Å²) in [6.45, 7) is 0. The monoisotopic (exact) mass is 256 g/mol. The Kier molecular flexibility index (Phi) is 2.64. The van der Waals surface area contributed by atoms with Gasteiger partial charge in [0.05, 0.1) is 23.0 Å². The molecular weight excluding hydrogens is 244 g/mol. The van der Waals surface area contributed by atoms with E-state index in [0.29, 0.717) is 11.4 Å². The molecule has 0 atom stereocenters. The second-order valence-corrected chi connectivity index (χ2v) is 4.97. The molecule has 4 heteroatoms. The highest BCUT2D eigenvalue weighted by atomic mass is 32.1. The maximum absolute atomic E-state index is 5.92. The van der Waals surface area contributed by atoms with E-state index < -0.39 is 0 Å². The fourth-order valence-corrected chi connectivity index (χ4v) is 2.83. The summed E-state index contributed by atoms with van der Waals surface area (Å²) in [5, 5.41) is 0.977. The highest BCUT2D eigenvalue weighted by Crippen LogP contribution is 2.33. The molecule has 18 heavy (non-hydrogen) atoms. The van der Waals surface area contributed by atoms with Gasteiger partial charge in [-0.25, -0.2) is 4.98 Å². The van der Waals surface area contributed by atoms with Gasteiger partial charge in [0, 0.05) is 5.56 Å². The van der Waals surface area contributed by atoms with E-state index in [1.807, 2.05) is 36.4 Å². The predicted octanol–water partition coefficient (Wildman–Crippen LogP) is 3.55. The topological polar surface area (TPSA) is 48.1 Å². The van der Waals surface area contributed by atoms with E-state index in [-0.39, 0.29) is 0 Å². The van der Waals surface area contributed by atoms with Crippen molar-refractivity contribution in [1.29, 1.82) is 0 Å². The predicted molar refractivity (Wildman–Crippen MR) is 76.0 cm³/mol. The van der Waals surface area contributed by atoms with Crippen molar-refractivity contribution in [3.05, 3.63) is 42.5 Å². The zero-order valence-electron chi connectivity index (χ0n) is 9.88. The molecule has 0 saturated carbocycles. The number of nitrogen functional groups attached to an aromatic ring is 1. The molecule has 0 aliphatic carbocycles. The van der Waals surface area contributed by atoms with Crippen LogP contribution in [-0.4, -0.2) is 12.1 Å². The molecule has 3 nitrogen and oxygen atoms in total. The molecule has 0 aliphatic rings. The summed E-state index contributed by atoms with van der Waals surface area (Å²) in [4.78, 5) is 4.60.